The highest BCUT2D eigenvalue weighted by Gasteiger charge is 2.19. The van der Waals surface area contributed by atoms with Crippen molar-refractivity contribution < 1.29 is 24.2 Å². The minimum atomic E-state index is -1.08. The van der Waals surface area contributed by atoms with Crippen LogP contribution in [0.1, 0.15) is 36.7 Å². The Hall–Kier alpha value is -2.04. The summed E-state index contributed by atoms with van der Waals surface area (Å²) in [7, 11) is 0. The average Bonchev–Trinajstić information content (AvgIpc) is 2.18. The molecule has 0 bridgehead atoms. The first-order valence-corrected chi connectivity index (χ1v) is 5.44. The molecule has 1 rings (SSSR count). The van der Waals surface area contributed by atoms with Crippen LogP contribution in [0.2, 0.25) is 0 Å². The highest BCUT2D eigenvalue weighted by molar-refractivity contribution is 5.88. The fourth-order valence-electron chi connectivity index (χ4n) is 1.20. The highest BCUT2D eigenvalue weighted by Crippen LogP contribution is 2.21. The maximum Gasteiger partial charge on any atom is 0.514 e. The smallest absolute Gasteiger partial charge is 0.478 e. The van der Waals surface area contributed by atoms with E-state index in [2.05, 4.69) is 0 Å². The quantitative estimate of drug-likeness (QED) is 0.647. The van der Waals surface area contributed by atoms with Gasteiger partial charge in [0.15, 0.2) is 0 Å². The van der Waals surface area contributed by atoms with E-state index in [1.807, 2.05) is 0 Å². The van der Waals surface area contributed by atoms with Gasteiger partial charge in [0.2, 0.25) is 0 Å². The second-order valence-corrected chi connectivity index (χ2v) is 4.85. The third-order valence-electron chi connectivity index (χ3n) is 2.02. The molecule has 18 heavy (non-hydrogen) atoms. The summed E-state index contributed by atoms with van der Waals surface area (Å²) in [6.45, 7) is 6.86. The minimum Gasteiger partial charge on any atom is -0.478 e. The van der Waals surface area contributed by atoms with Gasteiger partial charge in [-0.2, -0.15) is 0 Å². The van der Waals surface area contributed by atoms with Crippen molar-refractivity contribution >= 4 is 12.1 Å². The van der Waals surface area contributed by atoms with E-state index in [4.69, 9.17) is 14.6 Å². The molecule has 1 aromatic carbocycles. The average molecular weight is 252 g/mol. The molecule has 5 heteroatoms. The molecule has 5 nitrogen and oxygen atoms in total. The zero-order chi connectivity index (χ0) is 13.9. The van der Waals surface area contributed by atoms with Gasteiger partial charge in [0.25, 0.3) is 0 Å². The maximum atomic E-state index is 11.5. The topological polar surface area (TPSA) is 72.8 Å². The first-order valence-electron chi connectivity index (χ1n) is 5.44. The second kappa shape index (κ2) is 5.08. The summed E-state index contributed by atoms with van der Waals surface area (Å²) < 4.78 is 9.98. The Bertz CT molecular complexity index is 471. The molecule has 0 aromatic heterocycles. The lowest BCUT2D eigenvalue weighted by atomic mass is 10.1. The first-order chi connectivity index (χ1) is 8.19. The third-order valence-corrected chi connectivity index (χ3v) is 2.02. The molecule has 0 heterocycles. The predicted molar refractivity (Wildman–Crippen MR) is 65.0 cm³/mol. The van der Waals surface area contributed by atoms with Gasteiger partial charge in [0, 0.05) is 0 Å². The van der Waals surface area contributed by atoms with Gasteiger partial charge in [-0.25, -0.2) is 9.59 Å². The van der Waals surface area contributed by atoms with Gasteiger partial charge in [-0.3, -0.25) is 0 Å². The number of carboxylic acid groups (broad SMARTS) is 1. The van der Waals surface area contributed by atoms with Crippen molar-refractivity contribution in [1.82, 2.24) is 0 Å². The van der Waals surface area contributed by atoms with E-state index in [0.29, 0.717) is 5.56 Å². The monoisotopic (exact) mass is 252 g/mol. The lowest BCUT2D eigenvalue weighted by Crippen LogP contribution is -2.26. The molecule has 0 spiro atoms. The zero-order valence-corrected chi connectivity index (χ0v) is 10.8. The Kier molecular flexibility index (Phi) is 3.96. The molecule has 0 amide bonds. The normalized spacial score (nSPS) is 10.9. The molecule has 0 aliphatic carbocycles. The van der Waals surface area contributed by atoms with Crippen molar-refractivity contribution in [2.75, 3.05) is 0 Å². The number of carboxylic acids is 1. The van der Waals surface area contributed by atoms with Crippen LogP contribution in [-0.4, -0.2) is 22.8 Å². The number of hydrogen-bond donors (Lipinski definition) is 1. The SMILES string of the molecule is Cc1ccc(C(=O)O)cc1OC(=O)OC(C)(C)C. The molecule has 0 aliphatic rings. The third kappa shape index (κ3) is 4.08. The lowest BCUT2D eigenvalue weighted by Gasteiger charge is -2.19. The molecule has 98 valence electrons. The van der Waals surface area contributed by atoms with Crippen LogP contribution in [0.15, 0.2) is 18.2 Å². The predicted octanol–water partition coefficient (Wildman–Crippen LogP) is 3.01. The van der Waals surface area contributed by atoms with E-state index in [1.54, 1.807) is 33.8 Å². The van der Waals surface area contributed by atoms with E-state index in [1.165, 1.54) is 12.1 Å². The first kappa shape index (κ1) is 14.0. The molecule has 0 saturated carbocycles. The molecule has 0 atom stereocenters. The summed E-state index contributed by atoms with van der Waals surface area (Å²) >= 11 is 0. The Morgan fingerprint density at radius 2 is 1.83 bits per heavy atom. The standard InChI is InChI=1S/C13H16O5/c1-8-5-6-9(11(14)15)7-10(8)17-12(16)18-13(2,3)4/h5-7H,1-4H3,(H,14,15). The van der Waals surface area contributed by atoms with Gasteiger partial charge in [0.1, 0.15) is 11.4 Å². The summed E-state index contributed by atoms with van der Waals surface area (Å²) in [5.74, 6) is -0.895. The van der Waals surface area contributed by atoms with Crippen molar-refractivity contribution in [3.63, 3.8) is 0 Å². The Morgan fingerprint density at radius 3 is 2.33 bits per heavy atom. The number of ether oxygens (including phenoxy) is 2. The van der Waals surface area contributed by atoms with Crippen LogP contribution in [-0.2, 0) is 4.74 Å². The summed E-state index contributed by atoms with van der Waals surface area (Å²) in [4.78, 5) is 22.3. The van der Waals surface area contributed by atoms with Crippen molar-refractivity contribution in [3.05, 3.63) is 29.3 Å². The Labute approximate surface area is 105 Å². The van der Waals surface area contributed by atoms with Gasteiger partial charge >= 0.3 is 12.1 Å². The molecule has 0 saturated heterocycles. The number of rotatable bonds is 2. The highest BCUT2D eigenvalue weighted by atomic mass is 16.7. The van der Waals surface area contributed by atoms with Crippen LogP contribution in [0.5, 0.6) is 5.75 Å². The van der Waals surface area contributed by atoms with Crippen LogP contribution in [0, 0.1) is 6.92 Å². The molecule has 0 radical (unpaired) electrons. The molecule has 1 aromatic rings. The summed E-state index contributed by atoms with van der Waals surface area (Å²) in [5, 5.41) is 8.85. The van der Waals surface area contributed by atoms with Crippen molar-refractivity contribution in [3.8, 4) is 5.75 Å². The Balaban J connectivity index is 2.87. The van der Waals surface area contributed by atoms with E-state index >= 15 is 0 Å². The van der Waals surface area contributed by atoms with Crippen LogP contribution in [0.3, 0.4) is 0 Å². The fourth-order valence-corrected chi connectivity index (χ4v) is 1.20. The number of carbonyl (C=O) groups excluding carboxylic acids is 1. The number of benzene rings is 1. The molecule has 1 N–H and O–H groups in total. The van der Waals surface area contributed by atoms with E-state index < -0.39 is 17.7 Å². The van der Waals surface area contributed by atoms with Crippen LogP contribution < -0.4 is 4.74 Å². The number of aromatic carboxylic acids is 1. The lowest BCUT2D eigenvalue weighted by molar-refractivity contribution is 0.0203. The van der Waals surface area contributed by atoms with Crippen LogP contribution in [0.25, 0.3) is 0 Å². The van der Waals surface area contributed by atoms with Crippen LogP contribution >= 0.6 is 0 Å². The minimum absolute atomic E-state index is 0.0548. The fraction of sp³-hybridized carbons (Fsp3) is 0.385. The zero-order valence-electron chi connectivity index (χ0n) is 10.8. The summed E-state index contributed by atoms with van der Waals surface area (Å²) in [6, 6.07) is 4.31. The number of carbonyl (C=O) groups is 2. The number of aryl methyl sites for hydroxylation is 1. The maximum absolute atomic E-state index is 11.5. The van der Waals surface area contributed by atoms with Crippen molar-refractivity contribution in [1.29, 1.82) is 0 Å². The van der Waals surface area contributed by atoms with Crippen molar-refractivity contribution in [2.24, 2.45) is 0 Å². The van der Waals surface area contributed by atoms with Gasteiger partial charge in [-0.05, 0) is 45.4 Å². The van der Waals surface area contributed by atoms with E-state index in [-0.39, 0.29) is 11.3 Å². The molecular weight excluding hydrogens is 236 g/mol. The summed E-state index contributed by atoms with van der Waals surface area (Å²) in [5.41, 5.74) is 0.0556. The Morgan fingerprint density at radius 1 is 1.22 bits per heavy atom. The molecule has 0 unspecified atom stereocenters. The van der Waals surface area contributed by atoms with Gasteiger partial charge in [-0.15, -0.1) is 0 Å². The molecular formula is C13H16O5. The number of hydrogen-bond acceptors (Lipinski definition) is 4. The molecule has 0 fully saturated rings. The van der Waals surface area contributed by atoms with E-state index in [0.717, 1.165) is 0 Å². The summed E-state index contributed by atoms with van der Waals surface area (Å²) in [6.07, 6.45) is -0.854. The van der Waals surface area contributed by atoms with Gasteiger partial charge in [0.05, 0.1) is 5.56 Å². The van der Waals surface area contributed by atoms with Crippen molar-refractivity contribution in [2.45, 2.75) is 33.3 Å². The molecule has 0 aliphatic heterocycles. The van der Waals surface area contributed by atoms with Gasteiger partial charge < -0.3 is 14.6 Å². The van der Waals surface area contributed by atoms with E-state index in [9.17, 15) is 9.59 Å². The second-order valence-electron chi connectivity index (χ2n) is 4.85. The van der Waals surface area contributed by atoms with Crippen LogP contribution in [0.4, 0.5) is 4.79 Å². The largest absolute Gasteiger partial charge is 0.514 e. The van der Waals surface area contributed by atoms with Gasteiger partial charge in [-0.1, -0.05) is 6.07 Å².